The summed E-state index contributed by atoms with van der Waals surface area (Å²) in [5.74, 6) is 0.326. The Bertz CT molecular complexity index is 169. The summed E-state index contributed by atoms with van der Waals surface area (Å²) in [5, 5.41) is 4.14. The molecule has 0 N–H and O–H groups in total. The molecular formula is C8H14N2O. The van der Waals surface area contributed by atoms with Gasteiger partial charge in [0.2, 0.25) is 5.91 Å². The van der Waals surface area contributed by atoms with Crippen LogP contribution < -0.4 is 0 Å². The third kappa shape index (κ3) is 1.25. The van der Waals surface area contributed by atoms with E-state index in [-0.39, 0.29) is 0 Å². The van der Waals surface area contributed by atoms with Crippen LogP contribution in [0.25, 0.3) is 0 Å². The number of carbonyl (C=O) groups excluding carboxylic acids is 1. The van der Waals surface area contributed by atoms with E-state index in [1.807, 2.05) is 5.01 Å². The van der Waals surface area contributed by atoms with Gasteiger partial charge in [0.05, 0.1) is 0 Å². The molecule has 0 radical (unpaired) electrons. The van der Waals surface area contributed by atoms with Gasteiger partial charge in [0.25, 0.3) is 0 Å². The van der Waals surface area contributed by atoms with Crippen molar-refractivity contribution in [1.82, 2.24) is 10.0 Å². The van der Waals surface area contributed by atoms with Gasteiger partial charge in [-0.15, -0.1) is 0 Å². The van der Waals surface area contributed by atoms with Gasteiger partial charge in [-0.3, -0.25) is 9.80 Å². The van der Waals surface area contributed by atoms with Gasteiger partial charge in [-0.05, 0) is 12.8 Å². The zero-order chi connectivity index (χ0) is 7.68. The molecule has 2 heterocycles. The standard InChI is InChI=1S/C8H14N2O/c11-8-4-7-9-5-2-1-3-6-10(8)9/h1-7H2. The van der Waals surface area contributed by atoms with Gasteiger partial charge in [0.1, 0.15) is 0 Å². The molecule has 0 saturated carbocycles. The maximum absolute atomic E-state index is 11.2. The molecule has 2 saturated heterocycles. The first-order valence-electron chi connectivity index (χ1n) is 4.43. The number of hydrogen-bond donors (Lipinski definition) is 0. The Morgan fingerprint density at radius 2 is 1.82 bits per heavy atom. The molecule has 0 atom stereocenters. The maximum atomic E-state index is 11.2. The monoisotopic (exact) mass is 154 g/mol. The van der Waals surface area contributed by atoms with E-state index in [1.165, 1.54) is 19.3 Å². The lowest BCUT2D eigenvalue weighted by atomic mass is 10.2. The molecule has 2 aliphatic rings. The molecule has 1 amide bonds. The second-order valence-electron chi connectivity index (χ2n) is 3.28. The van der Waals surface area contributed by atoms with Crippen LogP contribution in [0.1, 0.15) is 25.7 Å². The topological polar surface area (TPSA) is 23.6 Å². The highest BCUT2D eigenvalue weighted by Crippen LogP contribution is 2.17. The van der Waals surface area contributed by atoms with Crippen molar-refractivity contribution in [2.45, 2.75) is 25.7 Å². The van der Waals surface area contributed by atoms with Crippen LogP contribution in [0.15, 0.2) is 0 Å². The van der Waals surface area contributed by atoms with Gasteiger partial charge in [-0.1, -0.05) is 6.42 Å². The smallest absolute Gasteiger partial charge is 0.238 e. The minimum Gasteiger partial charge on any atom is -0.275 e. The van der Waals surface area contributed by atoms with E-state index < -0.39 is 0 Å². The van der Waals surface area contributed by atoms with Crippen LogP contribution >= 0.6 is 0 Å². The largest absolute Gasteiger partial charge is 0.275 e. The molecule has 0 bridgehead atoms. The van der Waals surface area contributed by atoms with Gasteiger partial charge in [-0.25, -0.2) is 5.01 Å². The third-order valence-corrected chi connectivity index (χ3v) is 2.50. The molecule has 0 unspecified atom stereocenters. The van der Waals surface area contributed by atoms with E-state index >= 15 is 0 Å². The Balaban J connectivity index is 2.06. The van der Waals surface area contributed by atoms with E-state index in [4.69, 9.17) is 0 Å². The van der Waals surface area contributed by atoms with Crippen molar-refractivity contribution in [2.75, 3.05) is 19.6 Å². The fourth-order valence-corrected chi connectivity index (χ4v) is 1.86. The highest BCUT2D eigenvalue weighted by Gasteiger charge is 2.28. The molecule has 11 heavy (non-hydrogen) atoms. The highest BCUT2D eigenvalue weighted by molar-refractivity contribution is 5.77. The molecule has 2 aliphatic heterocycles. The molecule has 0 aliphatic carbocycles. The van der Waals surface area contributed by atoms with Gasteiger partial charge in [-0.2, -0.15) is 0 Å². The van der Waals surface area contributed by atoms with Crippen molar-refractivity contribution in [3.05, 3.63) is 0 Å². The van der Waals surface area contributed by atoms with Crippen LogP contribution in [0.4, 0.5) is 0 Å². The molecule has 0 aromatic carbocycles. The number of hydrazine groups is 1. The lowest BCUT2D eigenvalue weighted by molar-refractivity contribution is -0.137. The van der Waals surface area contributed by atoms with Crippen molar-refractivity contribution in [1.29, 1.82) is 0 Å². The van der Waals surface area contributed by atoms with Gasteiger partial charge in [0.15, 0.2) is 0 Å². The molecular weight excluding hydrogens is 140 g/mol. The lowest BCUT2D eigenvalue weighted by Gasteiger charge is -2.24. The summed E-state index contributed by atoms with van der Waals surface area (Å²) < 4.78 is 0. The first-order chi connectivity index (χ1) is 5.38. The van der Waals surface area contributed by atoms with Crippen LogP contribution in [0.2, 0.25) is 0 Å². The van der Waals surface area contributed by atoms with Crippen LogP contribution in [0, 0.1) is 0 Å². The zero-order valence-corrected chi connectivity index (χ0v) is 6.75. The van der Waals surface area contributed by atoms with E-state index in [9.17, 15) is 4.79 Å². The Hall–Kier alpha value is -0.570. The summed E-state index contributed by atoms with van der Waals surface area (Å²) in [4.78, 5) is 11.2. The number of nitrogens with zero attached hydrogens (tertiary/aromatic N) is 2. The lowest BCUT2D eigenvalue weighted by Crippen LogP contribution is -2.38. The molecule has 0 spiro atoms. The quantitative estimate of drug-likeness (QED) is 0.510. The summed E-state index contributed by atoms with van der Waals surface area (Å²) >= 11 is 0. The summed E-state index contributed by atoms with van der Waals surface area (Å²) in [6.45, 7) is 3.00. The van der Waals surface area contributed by atoms with Gasteiger partial charge >= 0.3 is 0 Å². The van der Waals surface area contributed by atoms with Crippen molar-refractivity contribution < 1.29 is 4.79 Å². The number of fused-ring (bicyclic) bond motifs is 1. The molecule has 2 fully saturated rings. The fourth-order valence-electron chi connectivity index (χ4n) is 1.86. The van der Waals surface area contributed by atoms with Crippen LogP contribution in [0.3, 0.4) is 0 Å². The average molecular weight is 154 g/mol. The predicted molar refractivity (Wildman–Crippen MR) is 41.8 cm³/mol. The van der Waals surface area contributed by atoms with E-state index in [2.05, 4.69) is 5.01 Å². The zero-order valence-electron chi connectivity index (χ0n) is 6.75. The number of hydrogen-bond acceptors (Lipinski definition) is 2. The molecule has 3 heteroatoms. The van der Waals surface area contributed by atoms with Crippen molar-refractivity contribution >= 4 is 5.91 Å². The maximum Gasteiger partial charge on any atom is 0.238 e. The molecule has 3 nitrogen and oxygen atoms in total. The Kier molecular flexibility index (Phi) is 1.82. The number of rotatable bonds is 0. The minimum absolute atomic E-state index is 0.326. The Morgan fingerprint density at radius 3 is 2.73 bits per heavy atom. The molecule has 62 valence electrons. The van der Waals surface area contributed by atoms with Crippen LogP contribution in [-0.4, -0.2) is 35.6 Å². The predicted octanol–water partition coefficient (Wildman–Crippen LogP) is 0.620. The molecule has 0 aromatic rings. The van der Waals surface area contributed by atoms with Crippen molar-refractivity contribution in [2.24, 2.45) is 0 Å². The Morgan fingerprint density at radius 1 is 1.00 bits per heavy atom. The highest BCUT2D eigenvalue weighted by atomic mass is 16.2. The Labute approximate surface area is 66.9 Å². The summed E-state index contributed by atoms with van der Waals surface area (Å²) in [7, 11) is 0. The first-order valence-corrected chi connectivity index (χ1v) is 4.43. The number of carbonyl (C=O) groups is 1. The summed E-state index contributed by atoms with van der Waals surface area (Å²) in [6, 6.07) is 0. The summed E-state index contributed by atoms with van der Waals surface area (Å²) in [6.07, 6.45) is 4.45. The second-order valence-corrected chi connectivity index (χ2v) is 3.28. The van der Waals surface area contributed by atoms with Gasteiger partial charge < -0.3 is 0 Å². The molecule has 2 rings (SSSR count). The first kappa shape index (κ1) is 7.10. The van der Waals surface area contributed by atoms with E-state index in [0.717, 1.165) is 26.1 Å². The van der Waals surface area contributed by atoms with Crippen LogP contribution in [-0.2, 0) is 4.79 Å². The minimum atomic E-state index is 0.326. The fraction of sp³-hybridized carbons (Fsp3) is 0.875. The molecule has 0 aromatic heterocycles. The number of amides is 1. The van der Waals surface area contributed by atoms with E-state index in [1.54, 1.807) is 0 Å². The van der Waals surface area contributed by atoms with E-state index in [0.29, 0.717) is 5.91 Å². The van der Waals surface area contributed by atoms with Crippen LogP contribution in [0.5, 0.6) is 0 Å². The van der Waals surface area contributed by atoms with Crippen molar-refractivity contribution in [3.8, 4) is 0 Å². The average Bonchev–Trinajstić information content (AvgIpc) is 2.25. The second kappa shape index (κ2) is 2.81. The summed E-state index contributed by atoms with van der Waals surface area (Å²) in [5.41, 5.74) is 0. The SMILES string of the molecule is O=C1CCN2CCCCCN12. The van der Waals surface area contributed by atoms with Gasteiger partial charge in [0, 0.05) is 26.1 Å². The van der Waals surface area contributed by atoms with Crippen molar-refractivity contribution in [3.63, 3.8) is 0 Å². The third-order valence-electron chi connectivity index (χ3n) is 2.50. The normalized spacial score (nSPS) is 26.9.